The van der Waals surface area contributed by atoms with Gasteiger partial charge in [-0.3, -0.25) is 0 Å². The van der Waals surface area contributed by atoms with Crippen molar-refractivity contribution in [3.05, 3.63) is 34.1 Å². The van der Waals surface area contributed by atoms with Crippen LogP contribution >= 0.6 is 23.5 Å². The first-order valence-corrected chi connectivity index (χ1v) is 7.43. The summed E-state index contributed by atoms with van der Waals surface area (Å²) in [6.45, 7) is 4.12. The zero-order valence-electron chi connectivity index (χ0n) is 10.1. The van der Waals surface area contributed by atoms with E-state index in [9.17, 15) is 4.79 Å². The van der Waals surface area contributed by atoms with Gasteiger partial charge in [-0.15, -0.1) is 23.5 Å². The molecule has 0 spiro atoms. The van der Waals surface area contributed by atoms with Gasteiger partial charge in [0.15, 0.2) is 0 Å². The summed E-state index contributed by atoms with van der Waals surface area (Å²) in [5, 5.41) is 0. The molecule has 0 saturated carbocycles. The average Bonchev–Trinajstić information content (AvgIpc) is 2.26. The Labute approximate surface area is 106 Å². The van der Waals surface area contributed by atoms with Crippen LogP contribution in [-0.2, 0) is 9.53 Å². The van der Waals surface area contributed by atoms with Crippen molar-refractivity contribution in [1.82, 2.24) is 0 Å². The Bertz CT molecular complexity index is 298. The second-order valence-electron chi connectivity index (χ2n) is 2.77. The number of esters is 1. The zero-order valence-corrected chi connectivity index (χ0v) is 11.8. The van der Waals surface area contributed by atoms with Crippen molar-refractivity contribution in [1.29, 1.82) is 0 Å². The number of hydrogen-bond acceptors (Lipinski definition) is 4. The molecule has 4 heteroatoms. The van der Waals surface area contributed by atoms with Crippen molar-refractivity contribution in [2.24, 2.45) is 0 Å². The van der Waals surface area contributed by atoms with E-state index in [2.05, 4.69) is 0 Å². The van der Waals surface area contributed by atoms with Crippen LogP contribution in [0.4, 0.5) is 0 Å². The normalized spacial score (nSPS) is 11.6. The number of thioether (sulfide) groups is 2. The standard InChI is InChI=1S/C12H18O2S2/c1-5-7-10(8-11(13)14-6-2)9-12(15-3)16-4/h5,7-9H,6H2,1-4H3/b7-5+,10-8+. The fraction of sp³-hybridized carbons (Fsp3) is 0.417. The van der Waals surface area contributed by atoms with E-state index in [0.29, 0.717) is 6.61 Å². The second-order valence-corrected chi connectivity index (χ2v) is 4.72. The molecule has 0 N–H and O–H groups in total. The third-order valence-electron chi connectivity index (χ3n) is 1.62. The van der Waals surface area contributed by atoms with E-state index in [1.165, 1.54) is 6.08 Å². The van der Waals surface area contributed by atoms with Gasteiger partial charge >= 0.3 is 5.97 Å². The zero-order chi connectivity index (χ0) is 12.4. The molecule has 0 aromatic rings. The van der Waals surface area contributed by atoms with Gasteiger partial charge in [0, 0.05) is 10.3 Å². The molecule has 0 aromatic carbocycles. The SMILES string of the molecule is C/C=C/C(C=C(SC)SC)=C\C(=O)OCC. The van der Waals surface area contributed by atoms with Crippen LogP contribution in [0.15, 0.2) is 34.1 Å². The van der Waals surface area contributed by atoms with Gasteiger partial charge in [0.1, 0.15) is 0 Å². The summed E-state index contributed by atoms with van der Waals surface area (Å²) in [5.74, 6) is -0.298. The van der Waals surface area contributed by atoms with Crippen molar-refractivity contribution >= 4 is 29.5 Å². The van der Waals surface area contributed by atoms with Crippen LogP contribution < -0.4 is 0 Å². The smallest absolute Gasteiger partial charge is 0.331 e. The van der Waals surface area contributed by atoms with Crippen LogP contribution in [0.5, 0.6) is 0 Å². The summed E-state index contributed by atoms with van der Waals surface area (Å²) >= 11 is 3.32. The van der Waals surface area contributed by atoms with Gasteiger partial charge in [-0.1, -0.05) is 12.2 Å². The van der Waals surface area contributed by atoms with E-state index >= 15 is 0 Å². The first kappa shape index (κ1) is 15.4. The van der Waals surface area contributed by atoms with Crippen LogP contribution in [0, 0.1) is 0 Å². The van der Waals surface area contributed by atoms with Gasteiger partial charge in [-0.25, -0.2) is 4.79 Å². The van der Waals surface area contributed by atoms with E-state index in [1.807, 2.05) is 37.7 Å². The highest BCUT2D eigenvalue weighted by Crippen LogP contribution is 2.25. The summed E-state index contributed by atoms with van der Waals surface area (Å²) in [7, 11) is 0. The fourth-order valence-electron chi connectivity index (χ4n) is 0.988. The van der Waals surface area contributed by atoms with Crippen molar-refractivity contribution in [3.8, 4) is 0 Å². The topological polar surface area (TPSA) is 26.3 Å². The summed E-state index contributed by atoms with van der Waals surface area (Å²) in [6, 6.07) is 0. The molecule has 0 unspecified atom stereocenters. The Hall–Kier alpha value is -0.610. The van der Waals surface area contributed by atoms with Crippen LogP contribution in [0.3, 0.4) is 0 Å². The number of ether oxygens (including phenoxy) is 1. The first-order chi connectivity index (χ1) is 7.67. The Morgan fingerprint density at radius 1 is 1.25 bits per heavy atom. The summed E-state index contributed by atoms with van der Waals surface area (Å²) < 4.78 is 6.04. The summed E-state index contributed by atoms with van der Waals surface area (Å²) in [6.07, 6.45) is 11.3. The van der Waals surface area contributed by atoms with Crippen LogP contribution in [0.1, 0.15) is 13.8 Å². The second kappa shape index (κ2) is 9.60. The molecule has 0 heterocycles. The number of rotatable bonds is 6. The molecule has 0 saturated heterocycles. The Balaban J connectivity index is 4.86. The number of allylic oxidation sites excluding steroid dienone is 4. The molecular weight excluding hydrogens is 240 g/mol. The van der Waals surface area contributed by atoms with Crippen molar-refractivity contribution in [2.45, 2.75) is 13.8 Å². The van der Waals surface area contributed by atoms with Gasteiger partial charge in [-0.05, 0) is 38.0 Å². The quantitative estimate of drug-likeness (QED) is 0.413. The fourth-order valence-corrected chi connectivity index (χ4v) is 2.16. The molecule has 0 fully saturated rings. The highest BCUT2D eigenvalue weighted by molar-refractivity contribution is 8.21. The highest BCUT2D eigenvalue weighted by atomic mass is 32.2. The van der Waals surface area contributed by atoms with Gasteiger partial charge in [0.25, 0.3) is 0 Å². The maximum Gasteiger partial charge on any atom is 0.331 e. The first-order valence-electron chi connectivity index (χ1n) is 4.98. The molecule has 0 aliphatic carbocycles. The third-order valence-corrected chi connectivity index (χ3v) is 3.66. The largest absolute Gasteiger partial charge is 0.463 e. The molecule has 0 amide bonds. The number of hydrogen-bond donors (Lipinski definition) is 0. The van der Waals surface area contributed by atoms with Gasteiger partial charge < -0.3 is 4.74 Å². The predicted octanol–water partition coefficient (Wildman–Crippen LogP) is 3.62. The lowest BCUT2D eigenvalue weighted by Crippen LogP contribution is -2.00. The average molecular weight is 258 g/mol. The lowest BCUT2D eigenvalue weighted by atomic mass is 10.2. The highest BCUT2D eigenvalue weighted by Gasteiger charge is 1.99. The van der Waals surface area contributed by atoms with E-state index in [1.54, 1.807) is 30.4 Å². The summed E-state index contributed by atoms with van der Waals surface area (Å²) in [4.78, 5) is 11.3. The van der Waals surface area contributed by atoms with Crippen molar-refractivity contribution in [3.63, 3.8) is 0 Å². The maximum atomic E-state index is 11.3. The van der Waals surface area contributed by atoms with Crippen LogP contribution in [0.25, 0.3) is 0 Å². The lowest BCUT2D eigenvalue weighted by molar-refractivity contribution is -0.137. The molecule has 90 valence electrons. The molecule has 0 radical (unpaired) electrons. The molecule has 0 bridgehead atoms. The number of carbonyl (C=O) groups excluding carboxylic acids is 1. The summed E-state index contributed by atoms with van der Waals surface area (Å²) in [5.41, 5.74) is 0.861. The molecule has 0 atom stereocenters. The third kappa shape index (κ3) is 6.80. The Morgan fingerprint density at radius 2 is 1.88 bits per heavy atom. The molecular formula is C12H18O2S2. The number of carbonyl (C=O) groups is 1. The van der Waals surface area contributed by atoms with E-state index in [0.717, 1.165) is 9.81 Å². The van der Waals surface area contributed by atoms with Gasteiger partial charge in [0.2, 0.25) is 0 Å². The Morgan fingerprint density at radius 3 is 2.31 bits per heavy atom. The predicted molar refractivity (Wildman–Crippen MR) is 74.6 cm³/mol. The molecule has 0 aliphatic rings. The van der Waals surface area contributed by atoms with E-state index in [-0.39, 0.29) is 5.97 Å². The van der Waals surface area contributed by atoms with Gasteiger partial charge in [0.05, 0.1) is 6.61 Å². The molecule has 0 aromatic heterocycles. The molecule has 2 nitrogen and oxygen atoms in total. The molecule has 16 heavy (non-hydrogen) atoms. The van der Waals surface area contributed by atoms with Crippen molar-refractivity contribution < 1.29 is 9.53 Å². The lowest BCUT2D eigenvalue weighted by Gasteiger charge is -2.01. The minimum Gasteiger partial charge on any atom is -0.463 e. The van der Waals surface area contributed by atoms with Crippen molar-refractivity contribution in [2.75, 3.05) is 19.1 Å². The minimum atomic E-state index is -0.298. The van der Waals surface area contributed by atoms with E-state index in [4.69, 9.17) is 4.74 Å². The molecule has 0 aliphatic heterocycles. The monoisotopic (exact) mass is 258 g/mol. The van der Waals surface area contributed by atoms with Crippen LogP contribution in [-0.4, -0.2) is 25.1 Å². The maximum absolute atomic E-state index is 11.3. The minimum absolute atomic E-state index is 0.298. The van der Waals surface area contributed by atoms with Crippen LogP contribution in [0.2, 0.25) is 0 Å². The Kier molecular flexibility index (Phi) is 9.24. The molecule has 0 rings (SSSR count). The van der Waals surface area contributed by atoms with Gasteiger partial charge in [-0.2, -0.15) is 0 Å². The van der Waals surface area contributed by atoms with E-state index < -0.39 is 0 Å².